The Balaban J connectivity index is 1.08. The van der Waals surface area contributed by atoms with Crippen LogP contribution in [-0.4, -0.2) is 84.6 Å². The van der Waals surface area contributed by atoms with Gasteiger partial charge in [-0.05, 0) is 93.9 Å². The van der Waals surface area contributed by atoms with Crippen molar-refractivity contribution in [2.45, 2.75) is 45.2 Å². The van der Waals surface area contributed by atoms with Gasteiger partial charge in [-0.25, -0.2) is 4.39 Å². The zero-order valence-electron chi connectivity index (χ0n) is 22.7. The van der Waals surface area contributed by atoms with Crippen molar-refractivity contribution in [3.05, 3.63) is 54.1 Å². The molecule has 2 aliphatic heterocycles. The van der Waals surface area contributed by atoms with Crippen molar-refractivity contribution in [2.24, 2.45) is 11.8 Å². The minimum atomic E-state index is -1.14. The zero-order valence-corrected chi connectivity index (χ0v) is 22.7. The van der Waals surface area contributed by atoms with Crippen LogP contribution in [0.15, 0.2) is 48.5 Å². The number of benzene rings is 2. The van der Waals surface area contributed by atoms with Gasteiger partial charge in [0, 0.05) is 44.2 Å². The molecule has 0 unspecified atom stereocenters. The number of carbonyl (C=O) groups excluding carboxylic acids is 2. The van der Waals surface area contributed by atoms with E-state index in [9.17, 15) is 14.0 Å². The normalized spacial score (nSPS) is 19.4. The Hall–Kier alpha value is -2.93. The summed E-state index contributed by atoms with van der Waals surface area (Å²) in [6, 6.07) is 15.9. The summed E-state index contributed by atoms with van der Waals surface area (Å²) in [5.74, 6) is 1.87. The molecule has 0 spiro atoms. The second-order valence-electron chi connectivity index (χ2n) is 11.7. The number of alkyl halides is 1. The second kappa shape index (κ2) is 11.4. The van der Waals surface area contributed by atoms with Crippen molar-refractivity contribution >= 4 is 11.8 Å². The Morgan fingerprint density at radius 2 is 1.37 bits per heavy atom. The lowest BCUT2D eigenvalue weighted by atomic mass is 9.97. The molecule has 0 radical (unpaired) electrons. The van der Waals surface area contributed by atoms with Gasteiger partial charge in [-0.1, -0.05) is 24.3 Å². The number of amides is 2. The van der Waals surface area contributed by atoms with E-state index in [0.29, 0.717) is 50.8 Å². The van der Waals surface area contributed by atoms with Gasteiger partial charge in [0.15, 0.2) is 0 Å². The molecule has 38 heavy (non-hydrogen) atoms. The lowest BCUT2D eigenvalue weighted by Crippen LogP contribution is -2.51. The molecule has 2 amide bonds. The van der Waals surface area contributed by atoms with Crippen LogP contribution >= 0.6 is 0 Å². The molecule has 6 nitrogen and oxygen atoms in total. The summed E-state index contributed by atoms with van der Waals surface area (Å²) in [5.41, 5.74) is 1.66. The van der Waals surface area contributed by atoms with Gasteiger partial charge in [0.25, 0.3) is 5.91 Å². The Morgan fingerprint density at radius 3 is 1.92 bits per heavy atom. The minimum Gasteiger partial charge on any atom is -0.493 e. The third-order valence-electron chi connectivity index (χ3n) is 7.92. The Morgan fingerprint density at radius 1 is 0.816 bits per heavy atom. The molecule has 0 bridgehead atoms. The van der Waals surface area contributed by atoms with E-state index in [2.05, 4.69) is 4.90 Å². The lowest BCUT2D eigenvalue weighted by molar-refractivity contribution is -0.134. The molecule has 2 saturated heterocycles. The van der Waals surface area contributed by atoms with Gasteiger partial charge >= 0.3 is 0 Å². The summed E-state index contributed by atoms with van der Waals surface area (Å²) in [7, 11) is 0. The third kappa shape index (κ3) is 6.93. The van der Waals surface area contributed by atoms with Crippen LogP contribution in [0, 0.1) is 11.8 Å². The maximum absolute atomic E-state index is 13.9. The van der Waals surface area contributed by atoms with E-state index in [1.807, 2.05) is 58.3 Å². The SMILES string of the molecule is CC(C)(F)CN1CCC(COc2ccc(-c3ccc(C(=O)N4CCN(C(=O)C5CC5)CC4)cc3)cc2)CC1. The van der Waals surface area contributed by atoms with Gasteiger partial charge in [0.1, 0.15) is 11.4 Å². The quantitative estimate of drug-likeness (QED) is 0.497. The molecular weight excluding hydrogens is 481 g/mol. The molecule has 2 heterocycles. The predicted molar refractivity (Wildman–Crippen MR) is 147 cm³/mol. The van der Waals surface area contributed by atoms with Crippen LogP contribution in [0.1, 0.15) is 49.9 Å². The molecule has 1 aliphatic carbocycles. The van der Waals surface area contributed by atoms with Gasteiger partial charge < -0.3 is 19.4 Å². The first-order valence-electron chi connectivity index (χ1n) is 14.1. The zero-order chi connectivity index (χ0) is 26.7. The maximum atomic E-state index is 13.9. The fourth-order valence-electron chi connectivity index (χ4n) is 5.51. The summed E-state index contributed by atoms with van der Waals surface area (Å²) in [5, 5.41) is 0. The molecule has 7 heteroatoms. The molecule has 2 aromatic rings. The average Bonchev–Trinajstić information content (AvgIpc) is 3.77. The highest BCUT2D eigenvalue weighted by molar-refractivity contribution is 5.95. The molecule has 1 saturated carbocycles. The second-order valence-corrected chi connectivity index (χ2v) is 11.7. The van der Waals surface area contributed by atoms with Gasteiger partial charge in [-0.3, -0.25) is 9.59 Å². The van der Waals surface area contributed by atoms with Crippen LogP contribution in [-0.2, 0) is 4.79 Å². The van der Waals surface area contributed by atoms with Crippen LogP contribution in [0.3, 0.4) is 0 Å². The number of halogens is 1. The number of rotatable bonds is 8. The molecular formula is C31H40FN3O3. The first kappa shape index (κ1) is 26.7. The smallest absolute Gasteiger partial charge is 0.253 e. The molecule has 0 atom stereocenters. The van der Waals surface area contributed by atoms with Crippen LogP contribution in [0.5, 0.6) is 5.75 Å². The van der Waals surface area contributed by atoms with Crippen molar-refractivity contribution in [3.8, 4) is 16.9 Å². The van der Waals surface area contributed by atoms with Gasteiger partial charge in [0.05, 0.1) is 6.61 Å². The highest BCUT2D eigenvalue weighted by Gasteiger charge is 2.35. The number of nitrogens with zero attached hydrogens (tertiary/aromatic N) is 3. The molecule has 0 aromatic heterocycles. The standard InChI is InChI=1S/C31H40FN3O3/c1-31(2,32)22-33-15-13-23(14-16-33)21-38-28-11-9-25(10-12-28)24-3-5-26(6-4-24)29(36)34-17-19-35(20-18-34)30(37)27-7-8-27/h3-6,9-12,23,27H,7-8,13-22H2,1-2H3. The number of piperidine rings is 1. The molecule has 3 aliphatic rings. The summed E-state index contributed by atoms with van der Waals surface area (Å²) in [6.45, 7) is 8.76. The van der Waals surface area contributed by atoms with E-state index < -0.39 is 5.67 Å². The molecule has 204 valence electrons. The Labute approximate surface area is 225 Å². The predicted octanol–water partition coefficient (Wildman–Crippen LogP) is 4.89. The van der Waals surface area contributed by atoms with E-state index in [4.69, 9.17) is 4.74 Å². The van der Waals surface area contributed by atoms with Crippen molar-refractivity contribution in [1.82, 2.24) is 14.7 Å². The van der Waals surface area contributed by atoms with E-state index in [1.54, 1.807) is 13.8 Å². The van der Waals surface area contributed by atoms with E-state index in [1.165, 1.54) is 0 Å². The fraction of sp³-hybridized carbons (Fsp3) is 0.548. The molecule has 0 N–H and O–H groups in total. The number of likely N-dealkylation sites (tertiary alicyclic amines) is 1. The lowest BCUT2D eigenvalue weighted by Gasteiger charge is -2.35. The number of piperazine rings is 1. The molecule has 2 aromatic carbocycles. The van der Waals surface area contributed by atoms with Crippen molar-refractivity contribution in [2.75, 3.05) is 52.4 Å². The topological polar surface area (TPSA) is 53.1 Å². The van der Waals surface area contributed by atoms with E-state index in [0.717, 1.165) is 55.6 Å². The van der Waals surface area contributed by atoms with E-state index in [-0.39, 0.29) is 17.7 Å². The summed E-state index contributed by atoms with van der Waals surface area (Å²) >= 11 is 0. The first-order chi connectivity index (χ1) is 18.2. The number of ether oxygens (including phenoxy) is 1. The monoisotopic (exact) mass is 521 g/mol. The van der Waals surface area contributed by atoms with Crippen LogP contribution < -0.4 is 4.74 Å². The van der Waals surface area contributed by atoms with Crippen molar-refractivity contribution in [1.29, 1.82) is 0 Å². The minimum absolute atomic E-state index is 0.0260. The highest BCUT2D eigenvalue weighted by atomic mass is 19.1. The molecule has 5 rings (SSSR count). The van der Waals surface area contributed by atoms with Gasteiger partial charge in [-0.15, -0.1) is 0 Å². The molecule has 3 fully saturated rings. The van der Waals surface area contributed by atoms with E-state index >= 15 is 0 Å². The Kier molecular flexibility index (Phi) is 8.03. The fourth-order valence-corrected chi connectivity index (χ4v) is 5.51. The number of carbonyl (C=O) groups is 2. The Bertz CT molecular complexity index is 1090. The summed E-state index contributed by atoms with van der Waals surface area (Å²) in [4.78, 5) is 31.2. The number of hydrogen-bond acceptors (Lipinski definition) is 4. The third-order valence-corrected chi connectivity index (χ3v) is 7.92. The maximum Gasteiger partial charge on any atom is 0.253 e. The van der Waals surface area contributed by atoms with Crippen molar-refractivity contribution < 1.29 is 18.7 Å². The average molecular weight is 522 g/mol. The largest absolute Gasteiger partial charge is 0.493 e. The van der Waals surface area contributed by atoms with Crippen LogP contribution in [0.25, 0.3) is 11.1 Å². The van der Waals surface area contributed by atoms with Gasteiger partial charge in [-0.2, -0.15) is 0 Å². The van der Waals surface area contributed by atoms with Crippen molar-refractivity contribution in [3.63, 3.8) is 0 Å². The summed E-state index contributed by atoms with van der Waals surface area (Å²) < 4.78 is 20.0. The summed E-state index contributed by atoms with van der Waals surface area (Å²) in [6.07, 6.45) is 4.10. The van der Waals surface area contributed by atoms with Gasteiger partial charge in [0.2, 0.25) is 5.91 Å². The van der Waals surface area contributed by atoms with Crippen LogP contribution in [0.2, 0.25) is 0 Å². The first-order valence-corrected chi connectivity index (χ1v) is 14.1. The number of hydrogen-bond donors (Lipinski definition) is 0. The van der Waals surface area contributed by atoms with Crippen LogP contribution in [0.4, 0.5) is 4.39 Å². The highest BCUT2D eigenvalue weighted by Crippen LogP contribution is 2.31.